The van der Waals surface area contributed by atoms with E-state index in [0.29, 0.717) is 49.9 Å². The lowest BCUT2D eigenvalue weighted by molar-refractivity contribution is -0.133. The topological polar surface area (TPSA) is 97.1 Å². The molecule has 0 saturated carbocycles. The van der Waals surface area contributed by atoms with Gasteiger partial charge in [0, 0.05) is 44.3 Å². The molecule has 36 heavy (non-hydrogen) atoms. The molecule has 1 aromatic heterocycles. The second kappa shape index (κ2) is 10.2. The van der Waals surface area contributed by atoms with E-state index < -0.39 is 6.10 Å². The molecule has 1 aromatic carbocycles. The highest BCUT2D eigenvalue weighted by Gasteiger charge is 2.34. The van der Waals surface area contributed by atoms with Gasteiger partial charge in [-0.2, -0.15) is 0 Å². The molecule has 0 bridgehead atoms. The molecule has 2 amide bonds. The van der Waals surface area contributed by atoms with Crippen molar-refractivity contribution in [3.05, 3.63) is 51.2 Å². The number of hydrogen-bond acceptors (Lipinski definition) is 6. The fourth-order valence-electron chi connectivity index (χ4n) is 4.92. The molecule has 0 N–H and O–H groups in total. The summed E-state index contributed by atoms with van der Waals surface area (Å²) in [5.41, 5.74) is -0.0481. The molecule has 4 rings (SSSR count). The van der Waals surface area contributed by atoms with Gasteiger partial charge in [0.15, 0.2) is 6.10 Å². The van der Waals surface area contributed by atoms with Crippen molar-refractivity contribution in [2.75, 3.05) is 42.5 Å². The number of carbonyl (C=O) groups is 2. The molecule has 1 saturated heterocycles. The van der Waals surface area contributed by atoms with Gasteiger partial charge in [-0.1, -0.05) is 12.1 Å². The van der Waals surface area contributed by atoms with Crippen molar-refractivity contribution in [2.24, 2.45) is 0 Å². The van der Waals surface area contributed by atoms with Crippen molar-refractivity contribution in [2.45, 2.75) is 59.2 Å². The van der Waals surface area contributed by atoms with Crippen LogP contribution >= 0.6 is 0 Å². The fourth-order valence-corrected chi connectivity index (χ4v) is 4.92. The number of fused-ring (bicyclic) bond motifs is 1. The van der Waals surface area contributed by atoms with Crippen LogP contribution < -0.4 is 25.8 Å². The minimum atomic E-state index is -0.659. The van der Waals surface area contributed by atoms with Gasteiger partial charge in [-0.3, -0.25) is 28.4 Å². The maximum Gasteiger partial charge on any atom is 0.333 e. The number of nitrogens with zero attached hydrogens (tertiary/aromatic N) is 5. The van der Waals surface area contributed by atoms with Gasteiger partial charge in [-0.25, -0.2) is 4.79 Å². The lowest BCUT2D eigenvalue weighted by Crippen LogP contribution is -2.50. The van der Waals surface area contributed by atoms with Crippen LogP contribution in [-0.4, -0.2) is 64.7 Å². The van der Waals surface area contributed by atoms with Gasteiger partial charge in [0.1, 0.15) is 18.1 Å². The Kier molecular flexibility index (Phi) is 7.23. The van der Waals surface area contributed by atoms with E-state index in [1.165, 1.54) is 15.5 Å². The van der Waals surface area contributed by atoms with E-state index in [2.05, 4.69) is 0 Å². The van der Waals surface area contributed by atoms with Crippen molar-refractivity contribution in [3.8, 4) is 5.75 Å². The van der Waals surface area contributed by atoms with Crippen molar-refractivity contribution in [3.63, 3.8) is 0 Å². The molecule has 2 aliphatic rings. The lowest BCUT2D eigenvalue weighted by atomic mass is 10.2. The number of aromatic nitrogens is 2. The Morgan fingerprint density at radius 2 is 1.67 bits per heavy atom. The van der Waals surface area contributed by atoms with E-state index in [1.807, 2.05) is 44.7 Å². The van der Waals surface area contributed by atoms with Gasteiger partial charge in [0.2, 0.25) is 5.91 Å². The Hall–Kier alpha value is -3.56. The quantitative estimate of drug-likeness (QED) is 0.627. The largest absolute Gasteiger partial charge is 0.479 e. The number of rotatable bonds is 5. The van der Waals surface area contributed by atoms with Gasteiger partial charge in [0.05, 0.1) is 5.69 Å². The number of carbonyl (C=O) groups excluding carboxylic acids is 2. The summed E-state index contributed by atoms with van der Waals surface area (Å²) < 4.78 is 8.61. The Bertz CT molecular complexity index is 1260. The molecule has 0 aliphatic carbocycles. The first kappa shape index (κ1) is 25.5. The molecule has 194 valence electrons. The molecular weight excluding hydrogens is 462 g/mol. The Balaban J connectivity index is 1.53. The second-order valence-electron chi connectivity index (χ2n) is 9.92. The maximum absolute atomic E-state index is 13.3. The van der Waals surface area contributed by atoms with Crippen molar-refractivity contribution in [1.82, 2.24) is 14.0 Å². The third-order valence-electron chi connectivity index (χ3n) is 6.72. The first-order valence-corrected chi connectivity index (χ1v) is 12.6. The minimum absolute atomic E-state index is 0.0648. The standard InChI is InChI=1S/C26H35N5O5/c1-17(2)30-22(15-23(32)31(18(3)4)26(30)35)27-11-8-12-28(14-13-27)24(33)16-29-20-9-6-7-10-21(20)36-19(5)25(29)34/h6-7,9-10,15,17-19H,8,11-14,16H2,1-5H3/t19-/m1/s1. The molecule has 2 aromatic rings. The molecule has 3 heterocycles. The Labute approximate surface area is 210 Å². The molecule has 0 spiro atoms. The normalized spacial score (nSPS) is 18.4. The fraction of sp³-hybridized carbons (Fsp3) is 0.538. The second-order valence-corrected chi connectivity index (χ2v) is 9.92. The maximum atomic E-state index is 13.3. The zero-order valence-electron chi connectivity index (χ0n) is 21.6. The highest BCUT2D eigenvalue weighted by atomic mass is 16.5. The summed E-state index contributed by atoms with van der Waals surface area (Å²) in [5, 5.41) is 0. The Morgan fingerprint density at radius 1 is 0.972 bits per heavy atom. The van der Waals surface area contributed by atoms with E-state index in [-0.39, 0.29) is 41.7 Å². The first-order chi connectivity index (χ1) is 17.1. The van der Waals surface area contributed by atoms with Gasteiger partial charge in [-0.15, -0.1) is 0 Å². The van der Waals surface area contributed by atoms with E-state index in [9.17, 15) is 19.2 Å². The minimum Gasteiger partial charge on any atom is -0.479 e. The van der Waals surface area contributed by atoms with Crippen LogP contribution in [0.3, 0.4) is 0 Å². The summed E-state index contributed by atoms with van der Waals surface area (Å²) in [7, 11) is 0. The number of hydrogen-bond donors (Lipinski definition) is 0. The summed E-state index contributed by atoms with van der Waals surface area (Å²) in [5.74, 6) is 0.773. The van der Waals surface area contributed by atoms with Crippen LogP contribution in [0, 0.1) is 0 Å². The molecule has 1 fully saturated rings. The Morgan fingerprint density at radius 3 is 2.36 bits per heavy atom. The van der Waals surface area contributed by atoms with Gasteiger partial charge in [0.25, 0.3) is 11.5 Å². The predicted octanol–water partition coefficient (Wildman–Crippen LogP) is 2.02. The zero-order chi connectivity index (χ0) is 26.1. The van der Waals surface area contributed by atoms with Crippen LogP contribution in [0.4, 0.5) is 11.5 Å². The first-order valence-electron chi connectivity index (χ1n) is 12.6. The lowest BCUT2D eigenvalue weighted by Gasteiger charge is -2.34. The summed E-state index contributed by atoms with van der Waals surface area (Å²) in [6, 6.07) is 8.38. The SMILES string of the molecule is CC(C)n1c(N2CCCN(C(=O)CN3C(=O)[C@@H](C)Oc4ccccc43)CC2)cc(=O)n(C(C)C)c1=O. The summed E-state index contributed by atoms with van der Waals surface area (Å²) >= 11 is 0. The van der Waals surface area contributed by atoms with E-state index in [1.54, 1.807) is 28.5 Å². The van der Waals surface area contributed by atoms with Crippen LogP contribution in [0.5, 0.6) is 5.75 Å². The molecule has 0 unspecified atom stereocenters. The van der Waals surface area contributed by atoms with Gasteiger partial charge >= 0.3 is 5.69 Å². The predicted molar refractivity (Wildman–Crippen MR) is 138 cm³/mol. The molecule has 10 nitrogen and oxygen atoms in total. The molecule has 10 heteroatoms. The van der Waals surface area contributed by atoms with Crippen LogP contribution in [0.1, 0.15) is 53.1 Å². The number of anilines is 2. The average Bonchev–Trinajstić information content (AvgIpc) is 3.07. The zero-order valence-corrected chi connectivity index (χ0v) is 21.6. The van der Waals surface area contributed by atoms with Crippen molar-refractivity contribution < 1.29 is 14.3 Å². The summed E-state index contributed by atoms with van der Waals surface area (Å²) in [6.07, 6.45) is 0.0167. The highest BCUT2D eigenvalue weighted by molar-refractivity contribution is 6.03. The van der Waals surface area contributed by atoms with Crippen LogP contribution in [0.2, 0.25) is 0 Å². The highest BCUT2D eigenvalue weighted by Crippen LogP contribution is 2.33. The summed E-state index contributed by atoms with van der Waals surface area (Å²) in [6.45, 7) is 11.1. The molecule has 2 aliphatic heterocycles. The van der Waals surface area contributed by atoms with E-state index >= 15 is 0 Å². The molecule has 1 atom stereocenters. The van der Waals surface area contributed by atoms with E-state index in [4.69, 9.17) is 4.74 Å². The number of ether oxygens (including phenoxy) is 1. The van der Waals surface area contributed by atoms with Crippen molar-refractivity contribution in [1.29, 1.82) is 0 Å². The van der Waals surface area contributed by atoms with Gasteiger partial charge < -0.3 is 14.5 Å². The van der Waals surface area contributed by atoms with Crippen LogP contribution in [-0.2, 0) is 9.59 Å². The number of benzene rings is 1. The third kappa shape index (κ3) is 4.76. The smallest absolute Gasteiger partial charge is 0.333 e. The molecular formula is C26H35N5O5. The average molecular weight is 498 g/mol. The third-order valence-corrected chi connectivity index (χ3v) is 6.72. The summed E-state index contributed by atoms with van der Waals surface area (Å²) in [4.78, 5) is 57.3. The number of amides is 2. The van der Waals surface area contributed by atoms with Crippen LogP contribution in [0.25, 0.3) is 0 Å². The van der Waals surface area contributed by atoms with Gasteiger partial charge in [-0.05, 0) is 53.2 Å². The number of para-hydroxylation sites is 2. The van der Waals surface area contributed by atoms with Crippen molar-refractivity contribution >= 4 is 23.3 Å². The van der Waals surface area contributed by atoms with E-state index in [0.717, 1.165) is 0 Å². The molecule has 0 radical (unpaired) electrons. The monoisotopic (exact) mass is 497 g/mol. The van der Waals surface area contributed by atoms with Crippen LogP contribution in [0.15, 0.2) is 39.9 Å².